The van der Waals surface area contributed by atoms with E-state index in [0.29, 0.717) is 17.5 Å². The van der Waals surface area contributed by atoms with E-state index in [2.05, 4.69) is 187 Å². The average molecular weight is 781 g/mol. The minimum absolute atomic E-state index is 0.636. The smallest absolute Gasteiger partial charge is 0.164 e. The molecule has 11 aromatic rings. The van der Waals surface area contributed by atoms with E-state index in [1.165, 1.54) is 49.2 Å². The van der Waals surface area contributed by atoms with Gasteiger partial charge in [0, 0.05) is 38.2 Å². The van der Waals surface area contributed by atoms with E-state index in [4.69, 9.17) is 15.0 Å². The molecule has 2 aromatic heterocycles. The molecule has 0 aliphatic rings. The van der Waals surface area contributed by atoms with Crippen LogP contribution < -0.4 is 0 Å². The van der Waals surface area contributed by atoms with Gasteiger partial charge in [0.2, 0.25) is 0 Å². The van der Waals surface area contributed by atoms with E-state index in [1.807, 2.05) is 38.1 Å². The van der Waals surface area contributed by atoms with Crippen molar-refractivity contribution in [2.45, 2.75) is 13.8 Å². The second-order valence-electron chi connectivity index (χ2n) is 15.4. The summed E-state index contributed by atoms with van der Waals surface area (Å²) >= 11 is 0. The SMILES string of the molecule is C/C=C\C(=C/C)c1nc(-c2ccccc2)nc(-c2cccc3c4ccccc4c4c(-n5c6cc(-c7ccccc7)ccc6c6ccc(-c7ccccc7)cc65)cccc4c23)n1. The molecule has 11 rings (SSSR count). The molecule has 0 radical (unpaired) electrons. The van der Waals surface area contributed by atoms with Crippen LogP contribution in [0.15, 0.2) is 206 Å². The third kappa shape index (κ3) is 6.11. The van der Waals surface area contributed by atoms with Crippen LogP contribution in [-0.4, -0.2) is 19.5 Å². The van der Waals surface area contributed by atoms with Gasteiger partial charge in [0.15, 0.2) is 17.5 Å². The highest BCUT2D eigenvalue weighted by molar-refractivity contribution is 6.30. The van der Waals surface area contributed by atoms with E-state index in [1.54, 1.807) is 0 Å². The Hall–Kier alpha value is -7.95. The molecule has 0 aliphatic carbocycles. The summed E-state index contributed by atoms with van der Waals surface area (Å²) in [7, 11) is 0. The number of hydrogen-bond acceptors (Lipinski definition) is 3. The standard InChI is InChI=1S/C57H40N4/c1-3-18-37(4-2)55-58-56(40-23-12-7-13-24-40)60-57(59-55)49-29-16-27-46-43-25-14-15-26-47(43)54-48(53(46)49)28-17-30-50(54)61-51-35-41(38-19-8-5-9-20-38)31-33-44(51)45-34-32-42(36-52(45)61)39-21-10-6-11-22-39/h3-36H,1-2H3/b18-3-,37-4+. The van der Waals surface area contributed by atoms with Gasteiger partial charge in [-0.15, -0.1) is 0 Å². The van der Waals surface area contributed by atoms with Gasteiger partial charge in [-0.05, 0) is 75.8 Å². The maximum Gasteiger partial charge on any atom is 0.164 e. The van der Waals surface area contributed by atoms with Gasteiger partial charge in [0.1, 0.15) is 0 Å². The molecule has 0 spiro atoms. The normalized spacial score (nSPS) is 12.1. The third-order valence-corrected chi connectivity index (χ3v) is 11.9. The number of aromatic nitrogens is 4. The predicted octanol–water partition coefficient (Wildman–Crippen LogP) is 15.1. The highest BCUT2D eigenvalue weighted by Crippen LogP contribution is 2.45. The summed E-state index contributed by atoms with van der Waals surface area (Å²) in [6.07, 6.45) is 6.15. The summed E-state index contributed by atoms with van der Waals surface area (Å²) < 4.78 is 2.50. The van der Waals surface area contributed by atoms with Crippen molar-refractivity contribution in [1.82, 2.24) is 19.5 Å². The van der Waals surface area contributed by atoms with Crippen LogP contribution in [0.5, 0.6) is 0 Å². The molecule has 4 nitrogen and oxygen atoms in total. The number of nitrogens with zero attached hydrogens (tertiary/aromatic N) is 4. The fourth-order valence-electron chi connectivity index (χ4n) is 9.13. The summed E-state index contributed by atoms with van der Waals surface area (Å²) in [4.78, 5) is 15.5. The van der Waals surface area contributed by atoms with Crippen molar-refractivity contribution in [2.24, 2.45) is 0 Å². The zero-order valence-electron chi connectivity index (χ0n) is 33.9. The lowest BCUT2D eigenvalue weighted by atomic mass is 9.90. The van der Waals surface area contributed by atoms with Gasteiger partial charge >= 0.3 is 0 Å². The number of rotatable bonds is 7. The van der Waals surface area contributed by atoms with Crippen molar-refractivity contribution < 1.29 is 0 Å². The lowest BCUT2D eigenvalue weighted by Gasteiger charge is -2.18. The molecule has 0 saturated carbocycles. The first-order valence-corrected chi connectivity index (χ1v) is 20.9. The van der Waals surface area contributed by atoms with Crippen molar-refractivity contribution in [1.29, 1.82) is 0 Å². The van der Waals surface area contributed by atoms with Crippen molar-refractivity contribution in [3.8, 4) is 50.7 Å². The topological polar surface area (TPSA) is 43.6 Å². The molecular weight excluding hydrogens is 741 g/mol. The van der Waals surface area contributed by atoms with Gasteiger partial charge in [0.05, 0.1) is 16.7 Å². The molecule has 0 saturated heterocycles. The Kier molecular flexibility index (Phi) is 8.90. The Morgan fingerprint density at radius 2 is 0.934 bits per heavy atom. The van der Waals surface area contributed by atoms with E-state index >= 15 is 0 Å². The van der Waals surface area contributed by atoms with Gasteiger partial charge in [-0.25, -0.2) is 15.0 Å². The van der Waals surface area contributed by atoms with Crippen molar-refractivity contribution in [3.63, 3.8) is 0 Å². The van der Waals surface area contributed by atoms with E-state index in [9.17, 15) is 0 Å². The second kappa shape index (κ2) is 15.0. The fourth-order valence-corrected chi connectivity index (χ4v) is 9.13. The van der Waals surface area contributed by atoms with E-state index in [0.717, 1.165) is 49.6 Å². The molecule has 288 valence electrons. The largest absolute Gasteiger partial charge is 0.309 e. The molecular formula is C57H40N4. The molecule has 0 aliphatic heterocycles. The van der Waals surface area contributed by atoms with Crippen LogP contribution in [0.2, 0.25) is 0 Å². The average Bonchev–Trinajstić information content (AvgIpc) is 3.66. The Morgan fingerprint density at radius 1 is 0.410 bits per heavy atom. The Balaban J connectivity index is 1.26. The highest BCUT2D eigenvalue weighted by Gasteiger charge is 2.22. The Bertz CT molecular complexity index is 3430. The van der Waals surface area contributed by atoms with Crippen molar-refractivity contribution in [2.75, 3.05) is 0 Å². The zero-order valence-corrected chi connectivity index (χ0v) is 33.9. The first-order chi connectivity index (χ1) is 30.2. The molecule has 61 heavy (non-hydrogen) atoms. The van der Waals surface area contributed by atoms with E-state index < -0.39 is 0 Å². The van der Waals surface area contributed by atoms with Crippen molar-refractivity contribution in [3.05, 3.63) is 212 Å². The van der Waals surface area contributed by atoms with Crippen LogP contribution >= 0.6 is 0 Å². The molecule has 0 amide bonds. The predicted molar refractivity (Wildman–Crippen MR) is 257 cm³/mol. The molecule has 4 heteroatoms. The van der Waals surface area contributed by atoms with Crippen LogP contribution in [0, 0.1) is 0 Å². The van der Waals surface area contributed by atoms with Crippen LogP contribution in [0.4, 0.5) is 0 Å². The van der Waals surface area contributed by atoms with Gasteiger partial charge < -0.3 is 4.57 Å². The number of benzene rings is 9. The first kappa shape index (κ1) is 36.2. The molecule has 9 aromatic carbocycles. The third-order valence-electron chi connectivity index (χ3n) is 11.9. The second-order valence-corrected chi connectivity index (χ2v) is 15.4. The van der Waals surface area contributed by atoms with Crippen molar-refractivity contribution >= 4 is 59.7 Å². The van der Waals surface area contributed by atoms with Crippen LogP contribution in [0.1, 0.15) is 19.7 Å². The van der Waals surface area contributed by atoms with Gasteiger partial charge in [-0.1, -0.05) is 188 Å². The first-order valence-electron chi connectivity index (χ1n) is 20.9. The fraction of sp³-hybridized carbons (Fsp3) is 0.0351. The molecule has 2 heterocycles. The Labute approximate surface area is 354 Å². The minimum Gasteiger partial charge on any atom is -0.309 e. The lowest BCUT2D eigenvalue weighted by molar-refractivity contribution is 1.04. The van der Waals surface area contributed by atoms with Gasteiger partial charge in [-0.3, -0.25) is 0 Å². The number of fused-ring (bicyclic) bond motifs is 9. The maximum absolute atomic E-state index is 5.24. The number of allylic oxidation sites excluding steroid dienone is 4. The minimum atomic E-state index is 0.636. The monoisotopic (exact) mass is 780 g/mol. The lowest BCUT2D eigenvalue weighted by Crippen LogP contribution is -2.03. The summed E-state index contributed by atoms with van der Waals surface area (Å²) in [5.74, 6) is 1.92. The molecule has 0 bridgehead atoms. The number of hydrogen-bond donors (Lipinski definition) is 0. The maximum atomic E-state index is 5.24. The van der Waals surface area contributed by atoms with Crippen LogP contribution in [0.25, 0.3) is 110 Å². The molecule has 0 atom stereocenters. The van der Waals surface area contributed by atoms with Crippen LogP contribution in [-0.2, 0) is 0 Å². The molecule has 0 N–H and O–H groups in total. The van der Waals surface area contributed by atoms with Crippen LogP contribution in [0.3, 0.4) is 0 Å². The summed E-state index contributed by atoms with van der Waals surface area (Å²) in [6.45, 7) is 4.05. The zero-order chi connectivity index (χ0) is 40.9. The summed E-state index contributed by atoms with van der Waals surface area (Å²) in [6, 6.07) is 67.5. The summed E-state index contributed by atoms with van der Waals surface area (Å²) in [5.41, 5.74) is 11.0. The Morgan fingerprint density at radius 3 is 1.56 bits per heavy atom. The summed E-state index contributed by atoms with van der Waals surface area (Å²) in [5, 5.41) is 9.37. The van der Waals surface area contributed by atoms with Gasteiger partial charge in [-0.2, -0.15) is 0 Å². The molecule has 0 unspecified atom stereocenters. The quantitative estimate of drug-likeness (QED) is 0.119. The van der Waals surface area contributed by atoms with E-state index in [-0.39, 0.29) is 0 Å². The molecule has 0 fully saturated rings. The van der Waals surface area contributed by atoms with Gasteiger partial charge in [0.25, 0.3) is 0 Å². The highest BCUT2D eigenvalue weighted by atomic mass is 15.0.